The van der Waals surface area contributed by atoms with Crippen LogP contribution in [0.4, 0.5) is 0 Å². The topological polar surface area (TPSA) is 0 Å². The van der Waals surface area contributed by atoms with E-state index >= 15 is 0 Å². The molecule has 0 aliphatic heterocycles. The molecule has 0 unspecified atom stereocenters. The lowest BCUT2D eigenvalue weighted by atomic mass is 9.78. The Kier molecular flexibility index (Phi) is 6.40. The van der Waals surface area contributed by atoms with Crippen molar-refractivity contribution in [2.45, 2.75) is 32.1 Å². The van der Waals surface area contributed by atoms with Gasteiger partial charge in [-0.05, 0) is 131 Å². The van der Waals surface area contributed by atoms with Crippen LogP contribution in [-0.2, 0) is 5.41 Å². The molecule has 1 heteroatoms. The standard InChI is InChI=1S/C51H36S/c1-51(2)45-25-12-10-19-34(45)43-29-42(40-28-41-35-20-11-13-26-46(35)52-47(41)30-44(40)50(43)51)49-38-23-8-6-21-36(38)48(37-22-7-9-24-39(37)49)33-18-14-17-32(27-33)31-15-4-3-5-16-31/h3-6,8,10-30H,7,9H2,1-2H3. The van der Waals surface area contributed by atoms with Crippen LogP contribution in [0.15, 0.2) is 146 Å². The molecule has 2 aliphatic rings. The number of hydrogen-bond acceptors (Lipinski definition) is 1. The molecule has 0 saturated carbocycles. The fraction of sp³-hybridized carbons (Fsp3) is 0.0980. The lowest BCUT2D eigenvalue weighted by Crippen LogP contribution is -2.31. The van der Waals surface area contributed by atoms with E-state index in [2.05, 4.69) is 172 Å². The quantitative estimate of drug-likeness (QED) is 0.174. The molecule has 8 aromatic carbocycles. The minimum Gasteiger partial charge on any atom is -0.135 e. The van der Waals surface area contributed by atoms with Gasteiger partial charge in [0.1, 0.15) is 0 Å². The van der Waals surface area contributed by atoms with Crippen LogP contribution >= 0.6 is 11.3 Å². The maximum Gasteiger partial charge on any atom is 0.0361 e. The normalized spacial score (nSPS) is 14.3. The zero-order valence-electron chi connectivity index (χ0n) is 29.3. The fourth-order valence-corrected chi connectivity index (χ4v) is 10.7. The first kappa shape index (κ1) is 29.9. The molecule has 52 heavy (non-hydrogen) atoms. The average molecular weight is 681 g/mol. The van der Waals surface area contributed by atoms with E-state index in [1.54, 1.807) is 0 Å². The Morgan fingerprint density at radius 3 is 1.90 bits per heavy atom. The summed E-state index contributed by atoms with van der Waals surface area (Å²) in [7, 11) is 0. The van der Waals surface area contributed by atoms with E-state index in [0.29, 0.717) is 0 Å². The van der Waals surface area contributed by atoms with E-state index in [9.17, 15) is 0 Å². The van der Waals surface area contributed by atoms with Gasteiger partial charge in [-0.3, -0.25) is 0 Å². The van der Waals surface area contributed by atoms with Crippen LogP contribution < -0.4 is 10.4 Å². The van der Waals surface area contributed by atoms with E-state index in [4.69, 9.17) is 0 Å². The molecule has 0 saturated heterocycles. The van der Waals surface area contributed by atoms with Crippen molar-refractivity contribution in [2.24, 2.45) is 0 Å². The first-order valence-electron chi connectivity index (χ1n) is 18.5. The van der Waals surface area contributed by atoms with E-state index in [1.807, 2.05) is 11.3 Å². The third kappa shape index (κ3) is 4.21. The van der Waals surface area contributed by atoms with E-state index in [1.165, 1.54) is 108 Å². The summed E-state index contributed by atoms with van der Waals surface area (Å²) < 4.78 is 2.71. The van der Waals surface area contributed by atoms with E-state index in [0.717, 1.165) is 12.8 Å². The molecule has 246 valence electrons. The summed E-state index contributed by atoms with van der Waals surface area (Å²) in [6, 6.07) is 54.7. The molecule has 0 fully saturated rings. The summed E-state index contributed by atoms with van der Waals surface area (Å²) >= 11 is 1.92. The molecular formula is C51H36S. The van der Waals surface area contributed by atoms with Gasteiger partial charge in [0.05, 0.1) is 0 Å². The van der Waals surface area contributed by atoms with Gasteiger partial charge in [0.15, 0.2) is 0 Å². The molecule has 0 spiro atoms. The maximum absolute atomic E-state index is 2.56. The van der Waals surface area contributed by atoms with Crippen molar-refractivity contribution in [1.29, 1.82) is 0 Å². The molecule has 0 amide bonds. The van der Waals surface area contributed by atoms with Gasteiger partial charge in [-0.1, -0.05) is 141 Å². The average Bonchev–Trinajstić information content (AvgIpc) is 3.67. The highest BCUT2D eigenvalue weighted by atomic mass is 32.1. The SMILES string of the molecule is CC1(C)c2ccccc2-c2cc(-c3c4c(c(-c5cccc(-c6ccccc6)c5)c5ccccc35)=CCCC=4)c3cc4c(cc3c21)sc1ccccc14. The third-order valence-corrected chi connectivity index (χ3v) is 13.0. The molecule has 1 aromatic heterocycles. The third-order valence-electron chi connectivity index (χ3n) is 11.8. The highest BCUT2D eigenvalue weighted by Crippen LogP contribution is 2.54. The molecular weight excluding hydrogens is 645 g/mol. The first-order valence-corrected chi connectivity index (χ1v) is 19.3. The van der Waals surface area contributed by atoms with Gasteiger partial charge in [0, 0.05) is 25.6 Å². The number of benzene rings is 8. The van der Waals surface area contributed by atoms with E-state index < -0.39 is 0 Å². The number of thiophene rings is 1. The molecule has 0 atom stereocenters. The minimum atomic E-state index is -0.109. The van der Waals surface area contributed by atoms with Crippen molar-refractivity contribution in [3.05, 3.63) is 167 Å². The summed E-state index contributed by atoms with van der Waals surface area (Å²) in [5.41, 5.74) is 13.3. The molecule has 11 rings (SSSR count). The van der Waals surface area contributed by atoms with Crippen molar-refractivity contribution in [3.63, 3.8) is 0 Å². The smallest absolute Gasteiger partial charge is 0.0361 e. The molecule has 0 N–H and O–H groups in total. The van der Waals surface area contributed by atoms with Crippen LogP contribution in [0.2, 0.25) is 0 Å². The predicted octanol–water partition coefficient (Wildman–Crippen LogP) is 13.0. The summed E-state index contributed by atoms with van der Waals surface area (Å²) in [6.07, 6.45) is 7.12. The van der Waals surface area contributed by atoms with Crippen LogP contribution in [0.1, 0.15) is 37.8 Å². The predicted molar refractivity (Wildman–Crippen MR) is 226 cm³/mol. The fourth-order valence-electron chi connectivity index (χ4n) is 9.57. The Morgan fingerprint density at radius 1 is 0.423 bits per heavy atom. The van der Waals surface area contributed by atoms with Crippen LogP contribution in [0.25, 0.3) is 98.4 Å². The van der Waals surface area contributed by atoms with Gasteiger partial charge in [-0.2, -0.15) is 0 Å². The molecule has 1 heterocycles. The molecule has 2 aliphatic carbocycles. The monoisotopic (exact) mass is 680 g/mol. The Bertz CT molecular complexity index is 3080. The van der Waals surface area contributed by atoms with Crippen LogP contribution in [-0.4, -0.2) is 0 Å². The zero-order valence-corrected chi connectivity index (χ0v) is 30.2. The zero-order chi connectivity index (χ0) is 34.6. The van der Waals surface area contributed by atoms with Crippen molar-refractivity contribution in [3.8, 4) is 44.5 Å². The largest absolute Gasteiger partial charge is 0.135 e. The van der Waals surface area contributed by atoms with E-state index in [-0.39, 0.29) is 5.41 Å². The minimum absolute atomic E-state index is 0.109. The summed E-state index contributed by atoms with van der Waals surface area (Å²) in [6.45, 7) is 4.84. The van der Waals surface area contributed by atoms with Gasteiger partial charge in [0.25, 0.3) is 0 Å². The molecule has 0 radical (unpaired) electrons. The summed E-state index contributed by atoms with van der Waals surface area (Å²) in [5.74, 6) is 0. The van der Waals surface area contributed by atoms with Crippen molar-refractivity contribution in [1.82, 2.24) is 0 Å². The van der Waals surface area contributed by atoms with Crippen molar-refractivity contribution >= 4 is 65.2 Å². The van der Waals surface area contributed by atoms with Gasteiger partial charge < -0.3 is 0 Å². The van der Waals surface area contributed by atoms with Gasteiger partial charge >= 0.3 is 0 Å². The Hall–Kier alpha value is -5.76. The number of fused-ring (bicyclic) bond motifs is 10. The van der Waals surface area contributed by atoms with Gasteiger partial charge in [-0.25, -0.2) is 0 Å². The van der Waals surface area contributed by atoms with Crippen LogP contribution in [0.5, 0.6) is 0 Å². The molecule has 0 nitrogen and oxygen atoms in total. The lowest BCUT2D eigenvalue weighted by Gasteiger charge is -2.25. The maximum atomic E-state index is 2.56. The Balaban J connectivity index is 1.29. The lowest BCUT2D eigenvalue weighted by molar-refractivity contribution is 0.666. The number of hydrogen-bond donors (Lipinski definition) is 0. The summed E-state index contributed by atoms with van der Waals surface area (Å²) in [5, 5.41) is 10.8. The molecule has 9 aromatic rings. The Morgan fingerprint density at radius 2 is 1.08 bits per heavy atom. The van der Waals surface area contributed by atoms with Crippen molar-refractivity contribution < 1.29 is 0 Å². The first-order chi connectivity index (χ1) is 25.6. The molecule has 0 bridgehead atoms. The van der Waals surface area contributed by atoms with Crippen LogP contribution in [0.3, 0.4) is 0 Å². The second-order valence-corrected chi connectivity index (χ2v) is 16.1. The number of rotatable bonds is 3. The van der Waals surface area contributed by atoms with Gasteiger partial charge in [-0.15, -0.1) is 11.3 Å². The highest BCUT2D eigenvalue weighted by Gasteiger charge is 2.38. The second-order valence-electron chi connectivity index (χ2n) is 15.1. The van der Waals surface area contributed by atoms with Gasteiger partial charge in [0.2, 0.25) is 0 Å². The summed E-state index contributed by atoms with van der Waals surface area (Å²) in [4.78, 5) is 0. The highest BCUT2D eigenvalue weighted by molar-refractivity contribution is 7.25. The van der Waals surface area contributed by atoms with Crippen LogP contribution in [0, 0.1) is 0 Å². The Labute approximate surface area is 307 Å². The second kappa shape index (κ2) is 11.1. The van der Waals surface area contributed by atoms with Crippen molar-refractivity contribution in [2.75, 3.05) is 0 Å².